The third-order valence-electron chi connectivity index (χ3n) is 4.78. The van der Waals surface area contributed by atoms with E-state index < -0.39 is 0 Å². The normalized spacial score (nSPS) is 12.4. The summed E-state index contributed by atoms with van der Waals surface area (Å²) in [5, 5.41) is 15.5. The van der Waals surface area contributed by atoms with Gasteiger partial charge in [-0.15, -0.1) is 0 Å². The van der Waals surface area contributed by atoms with Gasteiger partial charge in [0.05, 0.1) is 0 Å². The van der Waals surface area contributed by atoms with Crippen molar-refractivity contribution in [2.45, 2.75) is 26.2 Å². The van der Waals surface area contributed by atoms with Crippen molar-refractivity contribution < 1.29 is 5.11 Å². The van der Waals surface area contributed by atoms with Gasteiger partial charge >= 0.3 is 0 Å². The van der Waals surface area contributed by atoms with Crippen molar-refractivity contribution in [2.75, 3.05) is 17.2 Å². The molecule has 3 N–H and O–H groups in total. The Morgan fingerprint density at radius 1 is 1.00 bits per heavy atom. The Labute approximate surface area is 165 Å². The zero-order valence-electron chi connectivity index (χ0n) is 15.9. The third kappa shape index (κ3) is 4.38. The molecular formula is C23H24N4O. The van der Waals surface area contributed by atoms with E-state index in [1.165, 1.54) is 22.3 Å². The van der Waals surface area contributed by atoms with Crippen molar-refractivity contribution in [1.29, 1.82) is 0 Å². The maximum Gasteiger partial charge on any atom is 0.229 e. The number of nitrogens with zero attached hydrogens (tertiary/aromatic N) is 2. The number of fused-ring (bicyclic) bond motifs is 1. The molecule has 0 unspecified atom stereocenters. The van der Waals surface area contributed by atoms with Gasteiger partial charge in [0, 0.05) is 24.2 Å². The standard InChI is InChI=1S/C23H24N4O/c1-16-13-18-6-9-21(15-19(18)14-16)25-22-10-11-24-23(27-22)26-20-7-4-17(5-8-20)3-2-12-28/h4-11,14-15,28H,2-3,12-13H2,1H3,(H2,24,25,26,27). The molecular weight excluding hydrogens is 348 g/mol. The van der Waals surface area contributed by atoms with Crippen LogP contribution in [-0.2, 0) is 12.8 Å². The first-order valence-corrected chi connectivity index (χ1v) is 9.56. The number of aryl methyl sites for hydroxylation is 1. The van der Waals surface area contributed by atoms with Gasteiger partial charge < -0.3 is 15.7 Å². The largest absolute Gasteiger partial charge is 0.396 e. The molecule has 28 heavy (non-hydrogen) atoms. The Morgan fingerprint density at radius 3 is 2.64 bits per heavy atom. The first kappa shape index (κ1) is 18.2. The number of hydrogen-bond acceptors (Lipinski definition) is 5. The molecule has 0 atom stereocenters. The topological polar surface area (TPSA) is 70.1 Å². The molecule has 0 bridgehead atoms. The zero-order valence-corrected chi connectivity index (χ0v) is 15.9. The van der Waals surface area contributed by atoms with E-state index in [2.05, 4.69) is 63.9 Å². The molecule has 1 aliphatic carbocycles. The lowest BCUT2D eigenvalue weighted by atomic mass is 10.1. The van der Waals surface area contributed by atoms with Crippen LogP contribution in [0.4, 0.5) is 23.1 Å². The minimum Gasteiger partial charge on any atom is -0.396 e. The summed E-state index contributed by atoms with van der Waals surface area (Å²) in [6.45, 7) is 2.38. The van der Waals surface area contributed by atoms with Crippen molar-refractivity contribution in [1.82, 2.24) is 9.97 Å². The average Bonchev–Trinajstić information content (AvgIpc) is 3.07. The molecule has 5 heteroatoms. The van der Waals surface area contributed by atoms with Crippen LogP contribution in [-0.4, -0.2) is 21.7 Å². The smallest absolute Gasteiger partial charge is 0.229 e. The highest BCUT2D eigenvalue weighted by Gasteiger charge is 2.10. The SMILES string of the molecule is CC1=Cc2cc(Nc3ccnc(Nc4ccc(CCCO)cc4)n3)ccc2C1. The molecule has 0 saturated carbocycles. The molecule has 0 spiro atoms. The Hall–Kier alpha value is -3.18. The third-order valence-corrected chi connectivity index (χ3v) is 4.78. The number of nitrogens with one attached hydrogen (secondary N) is 2. The highest BCUT2D eigenvalue weighted by Crippen LogP contribution is 2.28. The predicted molar refractivity (Wildman–Crippen MR) is 114 cm³/mol. The summed E-state index contributed by atoms with van der Waals surface area (Å²) < 4.78 is 0. The summed E-state index contributed by atoms with van der Waals surface area (Å²) >= 11 is 0. The maximum absolute atomic E-state index is 8.93. The number of benzene rings is 2. The number of hydrogen-bond donors (Lipinski definition) is 3. The summed E-state index contributed by atoms with van der Waals surface area (Å²) in [6, 6.07) is 16.4. The second kappa shape index (κ2) is 8.23. The summed E-state index contributed by atoms with van der Waals surface area (Å²) in [5.41, 5.74) is 7.19. The maximum atomic E-state index is 8.93. The minimum atomic E-state index is 0.216. The highest BCUT2D eigenvalue weighted by molar-refractivity contribution is 5.70. The lowest BCUT2D eigenvalue weighted by Gasteiger charge is -2.10. The fourth-order valence-corrected chi connectivity index (χ4v) is 3.39. The Kier molecular flexibility index (Phi) is 5.35. The van der Waals surface area contributed by atoms with Gasteiger partial charge in [0.2, 0.25) is 5.95 Å². The Morgan fingerprint density at radius 2 is 1.82 bits per heavy atom. The van der Waals surface area contributed by atoms with Crippen LogP contribution in [0.5, 0.6) is 0 Å². The fourth-order valence-electron chi connectivity index (χ4n) is 3.39. The average molecular weight is 372 g/mol. The molecule has 4 rings (SSSR count). The molecule has 3 aromatic rings. The van der Waals surface area contributed by atoms with Gasteiger partial charge in [-0.1, -0.05) is 29.8 Å². The summed E-state index contributed by atoms with van der Waals surface area (Å²) in [6.07, 6.45) is 6.67. The molecule has 0 aliphatic heterocycles. The van der Waals surface area contributed by atoms with E-state index in [1.807, 2.05) is 18.2 Å². The van der Waals surface area contributed by atoms with Crippen LogP contribution in [0.15, 0.2) is 60.3 Å². The molecule has 0 radical (unpaired) electrons. The number of rotatable bonds is 7. The quantitative estimate of drug-likeness (QED) is 0.553. The van der Waals surface area contributed by atoms with Gasteiger partial charge in [-0.3, -0.25) is 0 Å². The monoisotopic (exact) mass is 372 g/mol. The van der Waals surface area contributed by atoms with Gasteiger partial charge in [0.1, 0.15) is 5.82 Å². The van der Waals surface area contributed by atoms with Gasteiger partial charge in [-0.25, -0.2) is 4.98 Å². The van der Waals surface area contributed by atoms with Crippen LogP contribution in [0.3, 0.4) is 0 Å². The first-order valence-electron chi connectivity index (χ1n) is 9.56. The second-order valence-electron chi connectivity index (χ2n) is 7.12. The van der Waals surface area contributed by atoms with E-state index in [1.54, 1.807) is 6.20 Å². The minimum absolute atomic E-state index is 0.216. The van der Waals surface area contributed by atoms with E-state index in [-0.39, 0.29) is 6.61 Å². The number of allylic oxidation sites excluding steroid dienone is 1. The number of aromatic nitrogens is 2. The lowest BCUT2D eigenvalue weighted by Crippen LogP contribution is -2.01. The molecule has 5 nitrogen and oxygen atoms in total. The summed E-state index contributed by atoms with van der Waals surface area (Å²) in [4.78, 5) is 8.87. The van der Waals surface area contributed by atoms with E-state index in [0.717, 1.165) is 36.5 Å². The van der Waals surface area contributed by atoms with Crippen LogP contribution < -0.4 is 10.6 Å². The highest BCUT2D eigenvalue weighted by atomic mass is 16.2. The molecule has 1 heterocycles. The van der Waals surface area contributed by atoms with Crippen molar-refractivity contribution >= 4 is 29.2 Å². The summed E-state index contributed by atoms with van der Waals surface area (Å²) in [5.74, 6) is 1.29. The molecule has 1 aliphatic rings. The molecule has 1 aromatic heterocycles. The van der Waals surface area contributed by atoms with Crippen LogP contribution in [0, 0.1) is 0 Å². The Balaban J connectivity index is 1.44. The van der Waals surface area contributed by atoms with Gasteiger partial charge in [0.25, 0.3) is 0 Å². The molecule has 142 valence electrons. The zero-order chi connectivity index (χ0) is 19.3. The van der Waals surface area contributed by atoms with Gasteiger partial charge in [-0.2, -0.15) is 4.98 Å². The molecule has 2 aromatic carbocycles. The second-order valence-corrected chi connectivity index (χ2v) is 7.12. The number of aliphatic hydroxyl groups excluding tert-OH is 1. The first-order chi connectivity index (χ1) is 13.7. The van der Waals surface area contributed by atoms with Crippen LogP contribution in [0.25, 0.3) is 6.08 Å². The van der Waals surface area contributed by atoms with E-state index >= 15 is 0 Å². The number of anilines is 4. The predicted octanol–water partition coefficient (Wildman–Crippen LogP) is 4.85. The molecule has 0 saturated heterocycles. The lowest BCUT2D eigenvalue weighted by molar-refractivity contribution is 0.288. The van der Waals surface area contributed by atoms with Crippen molar-refractivity contribution in [3.05, 3.63) is 77.0 Å². The van der Waals surface area contributed by atoms with Crippen molar-refractivity contribution in [2.24, 2.45) is 0 Å². The van der Waals surface area contributed by atoms with Gasteiger partial charge in [0.15, 0.2) is 0 Å². The molecule has 0 amide bonds. The van der Waals surface area contributed by atoms with Crippen LogP contribution in [0.2, 0.25) is 0 Å². The number of aliphatic hydroxyl groups is 1. The Bertz CT molecular complexity index is 996. The van der Waals surface area contributed by atoms with Crippen LogP contribution >= 0.6 is 0 Å². The van der Waals surface area contributed by atoms with Crippen molar-refractivity contribution in [3.8, 4) is 0 Å². The summed E-state index contributed by atoms with van der Waals surface area (Å²) in [7, 11) is 0. The van der Waals surface area contributed by atoms with Crippen LogP contribution in [0.1, 0.15) is 30.0 Å². The molecule has 0 fully saturated rings. The fraction of sp³-hybridized carbons (Fsp3) is 0.217. The van der Waals surface area contributed by atoms with E-state index in [4.69, 9.17) is 5.11 Å². The van der Waals surface area contributed by atoms with E-state index in [0.29, 0.717) is 5.95 Å². The van der Waals surface area contributed by atoms with Gasteiger partial charge in [-0.05, 0) is 73.2 Å². The van der Waals surface area contributed by atoms with Crippen molar-refractivity contribution in [3.63, 3.8) is 0 Å². The van der Waals surface area contributed by atoms with E-state index in [9.17, 15) is 0 Å².